The van der Waals surface area contributed by atoms with Crippen LogP contribution >= 0.6 is 11.8 Å². The highest BCUT2D eigenvalue weighted by Gasteiger charge is 1.89. The standard InChI is InChI=1S/C11H23NS/c1-3-4-6-9-12-10-7-5-8-11-13-2/h3,12H,1,4-11H2,2H3. The smallest absolute Gasteiger partial charge is 0.00460 e. The molecule has 1 nitrogen and oxygen atoms in total. The molecule has 0 saturated carbocycles. The molecule has 0 aromatic carbocycles. The topological polar surface area (TPSA) is 12.0 Å². The highest BCUT2D eigenvalue weighted by molar-refractivity contribution is 7.98. The molecule has 0 aromatic heterocycles. The first-order valence-corrected chi connectivity index (χ1v) is 6.61. The number of rotatable bonds is 10. The molecule has 0 heterocycles. The third kappa shape index (κ3) is 12.1. The van der Waals surface area contributed by atoms with Crippen LogP contribution < -0.4 is 5.32 Å². The molecule has 0 aliphatic carbocycles. The summed E-state index contributed by atoms with van der Waals surface area (Å²) >= 11 is 1.95. The SMILES string of the molecule is C=CCCCNCCCCCSC. The van der Waals surface area contributed by atoms with E-state index in [4.69, 9.17) is 0 Å². The van der Waals surface area contributed by atoms with E-state index in [2.05, 4.69) is 18.2 Å². The van der Waals surface area contributed by atoms with Crippen LogP contribution in [0.4, 0.5) is 0 Å². The lowest BCUT2D eigenvalue weighted by Gasteiger charge is -2.02. The lowest BCUT2D eigenvalue weighted by Crippen LogP contribution is -2.16. The fourth-order valence-corrected chi connectivity index (χ4v) is 1.66. The summed E-state index contributed by atoms with van der Waals surface area (Å²) in [5, 5.41) is 3.44. The van der Waals surface area contributed by atoms with E-state index in [1.165, 1.54) is 38.0 Å². The van der Waals surface area contributed by atoms with Gasteiger partial charge in [-0.15, -0.1) is 6.58 Å². The van der Waals surface area contributed by atoms with Gasteiger partial charge in [0.25, 0.3) is 0 Å². The van der Waals surface area contributed by atoms with E-state index in [0.29, 0.717) is 0 Å². The van der Waals surface area contributed by atoms with Crippen molar-refractivity contribution >= 4 is 11.8 Å². The average molecular weight is 201 g/mol. The lowest BCUT2D eigenvalue weighted by molar-refractivity contribution is 0.603. The third-order valence-electron chi connectivity index (χ3n) is 1.96. The van der Waals surface area contributed by atoms with Crippen LogP contribution in [0.5, 0.6) is 0 Å². The van der Waals surface area contributed by atoms with Crippen LogP contribution in [-0.2, 0) is 0 Å². The predicted octanol–water partition coefficient (Wildman–Crippen LogP) is 3.08. The van der Waals surface area contributed by atoms with E-state index in [1.54, 1.807) is 0 Å². The minimum Gasteiger partial charge on any atom is -0.317 e. The van der Waals surface area contributed by atoms with Crippen LogP contribution in [0.1, 0.15) is 32.1 Å². The minimum atomic E-state index is 1.14. The van der Waals surface area contributed by atoms with Gasteiger partial charge in [-0.1, -0.05) is 12.5 Å². The Hall–Kier alpha value is 0.0500. The van der Waals surface area contributed by atoms with Crippen molar-refractivity contribution in [2.24, 2.45) is 0 Å². The first kappa shape index (κ1) is 13.1. The zero-order valence-corrected chi connectivity index (χ0v) is 9.67. The Balaban J connectivity index is 2.79. The second kappa shape index (κ2) is 12.0. The zero-order valence-electron chi connectivity index (χ0n) is 8.85. The Morgan fingerprint density at radius 3 is 2.62 bits per heavy atom. The minimum absolute atomic E-state index is 1.14. The molecule has 0 rings (SSSR count). The summed E-state index contributed by atoms with van der Waals surface area (Å²) in [4.78, 5) is 0. The number of hydrogen-bond acceptors (Lipinski definition) is 2. The van der Waals surface area contributed by atoms with Crippen molar-refractivity contribution in [3.8, 4) is 0 Å². The highest BCUT2D eigenvalue weighted by Crippen LogP contribution is 2.01. The van der Waals surface area contributed by atoms with Gasteiger partial charge in [-0.05, 0) is 50.8 Å². The molecule has 0 unspecified atom stereocenters. The quantitative estimate of drug-likeness (QED) is 0.430. The summed E-state index contributed by atoms with van der Waals surface area (Å²) in [6.07, 6.45) is 10.6. The van der Waals surface area contributed by atoms with Crippen molar-refractivity contribution in [3.05, 3.63) is 12.7 Å². The molecular formula is C11H23NS. The number of nitrogens with one attached hydrogen (secondary N) is 1. The summed E-state index contributed by atoms with van der Waals surface area (Å²) in [5.41, 5.74) is 0. The van der Waals surface area contributed by atoms with Crippen LogP contribution in [0, 0.1) is 0 Å². The van der Waals surface area contributed by atoms with E-state index < -0.39 is 0 Å². The summed E-state index contributed by atoms with van der Waals surface area (Å²) in [6.45, 7) is 6.03. The Morgan fingerprint density at radius 1 is 1.15 bits per heavy atom. The largest absolute Gasteiger partial charge is 0.317 e. The lowest BCUT2D eigenvalue weighted by atomic mass is 10.2. The van der Waals surface area contributed by atoms with Gasteiger partial charge in [-0.3, -0.25) is 0 Å². The number of unbranched alkanes of at least 4 members (excludes halogenated alkanes) is 3. The molecule has 78 valence electrons. The molecule has 0 amide bonds. The van der Waals surface area contributed by atoms with E-state index >= 15 is 0 Å². The average Bonchev–Trinajstić information content (AvgIpc) is 2.16. The first-order chi connectivity index (χ1) is 6.41. The molecular weight excluding hydrogens is 178 g/mol. The molecule has 0 aromatic rings. The monoisotopic (exact) mass is 201 g/mol. The van der Waals surface area contributed by atoms with Crippen LogP contribution in [-0.4, -0.2) is 25.1 Å². The van der Waals surface area contributed by atoms with Crippen molar-refractivity contribution < 1.29 is 0 Å². The van der Waals surface area contributed by atoms with Gasteiger partial charge >= 0.3 is 0 Å². The van der Waals surface area contributed by atoms with Crippen molar-refractivity contribution in [1.29, 1.82) is 0 Å². The van der Waals surface area contributed by atoms with Crippen molar-refractivity contribution in [2.45, 2.75) is 32.1 Å². The van der Waals surface area contributed by atoms with Gasteiger partial charge in [0.2, 0.25) is 0 Å². The van der Waals surface area contributed by atoms with Gasteiger partial charge in [0.1, 0.15) is 0 Å². The maximum absolute atomic E-state index is 3.70. The predicted molar refractivity (Wildman–Crippen MR) is 64.5 cm³/mol. The molecule has 0 fully saturated rings. The van der Waals surface area contributed by atoms with Crippen LogP contribution in [0.2, 0.25) is 0 Å². The number of hydrogen-bond donors (Lipinski definition) is 1. The van der Waals surface area contributed by atoms with Crippen LogP contribution in [0.3, 0.4) is 0 Å². The van der Waals surface area contributed by atoms with E-state index in [-0.39, 0.29) is 0 Å². The van der Waals surface area contributed by atoms with Crippen LogP contribution in [0.15, 0.2) is 12.7 Å². The second-order valence-electron chi connectivity index (χ2n) is 3.23. The molecule has 0 radical (unpaired) electrons. The Bertz CT molecular complexity index is 104. The van der Waals surface area contributed by atoms with Crippen molar-refractivity contribution in [1.82, 2.24) is 5.32 Å². The summed E-state index contributed by atoms with van der Waals surface area (Å²) in [7, 11) is 0. The molecule has 13 heavy (non-hydrogen) atoms. The number of allylic oxidation sites excluding steroid dienone is 1. The fourth-order valence-electron chi connectivity index (χ4n) is 1.17. The van der Waals surface area contributed by atoms with E-state index in [0.717, 1.165) is 13.0 Å². The molecule has 0 aliphatic rings. The van der Waals surface area contributed by atoms with Gasteiger partial charge in [-0.2, -0.15) is 11.8 Å². The molecule has 0 bridgehead atoms. The van der Waals surface area contributed by atoms with Crippen molar-refractivity contribution in [2.75, 3.05) is 25.1 Å². The van der Waals surface area contributed by atoms with E-state index in [1.807, 2.05) is 17.8 Å². The summed E-state index contributed by atoms with van der Waals surface area (Å²) in [5.74, 6) is 1.32. The second-order valence-corrected chi connectivity index (χ2v) is 4.22. The summed E-state index contributed by atoms with van der Waals surface area (Å²) < 4.78 is 0. The Labute approximate surface area is 87.4 Å². The third-order valence-corrected chi connectivity index (χ3v) is 2.66. The maximum Gasteiger partial charge on any atom is -0.00460 e. The highest BCUT2D eigenvalue weighted by atomic mass is 32.2. The van der Waals surface area contributed by atoms with Gasteiger partial charge in [0.05, 0.1) is 0 Å². The molecule has 0 saturated heterocycles. The molecule has 1 N–H and O–H groups in total. The molecule has 0 spiro atoms. The van der Waals surface area contributed by atoms with Gasteiger partial charge < -0.3 is 5.32 Å². The van der Waals surface area contributed by atoms with E-state index in [9.17, 15) is 0 Å². The molecule has 2 heteroatoms. The Morgan fingerprint density at radius 2 is 1.92 bits per heavy atom. The maximum atomic E-state index is 3.70. The fraction of sp³-hybridized carbons (Fsp3) is 0.818. The Kier molecular flexibility index (Phi) is 12.1. The van der Waals surface area contributed by atoms with Crippen LogP contribution in [0.25, 0.3) is 0 Å². The van der Waals surface area contributed by atoms with Crippen molar-refractivity contribution in [3.63, 3.8) is 0 Å². The molecule has 0 aliphatic heterocycles. The van der Waals surface area contributed by atoms with Gasteiger partial charge in [0, 0.05) is 0 Å². The summed E-state index contributed by atoms with van der Waals surface area (Å²) in [6, 6.07) is 0. The first-order valence-electron chi connectivity index (χ1n) is 5.22. The zero-order chi connectivity index (χ0) is 9.78. The van der Waals surface area contributed by atoms with Gasteiger partial charge in [0.15, 0.2) is 0 Å². The normalized spacial score (nSPS) is 10.2. The molecule has 0 atom stereocenters. The van der Waals surface area contributed by atoms with Gasteiger partial charge in [-0.25, -0.2) is 0 Å². The number of thioether (sulfide) groups is 1.